The number of rotatable bonds is 2. The molecule has 0 radical (unpaired) electrons. The van der Waals surface area contributed by atoms with Crippen molar-refractivity contribution in [3.63, 3.8) is 0 Å². The Bertz CT molecular complexity index is 721. The van der Waals surface area contributed by atoms with Gasteiger partial charge in [0.15, 0.2) is 0 Å². The normalized spacial score (nSPS) is 15.7. The van der Waals surface area contributed by atoms with Crippen LogP contribution < -0.4 is 0 Å². The Kier molecular flexibility index (Phi) is 4.39. The molecule has 1 amide bonds. The Morgan fingerprint density at radius 2 is 1.83 bits per heavy atom. The van der Waals surface area contributed by atoms with Gasteiger partial charge in [-0.1, -0.05) is 17.7 Å². The monoisotopic (exact) mass is 310 g/mol. The van der Waals surface area contributed by atoms with E-state index in [1.54, 1.807) is 12.4 Å². The van der Waals surface area contributed by atoms with E-state index in [1.165, 1.54) is 5.56 Å². The summed E-state index contributed by atoms with van der Waals surface area (Å²) in [6.45, 7) is 7.38. The van der Waals surface area contributed by atoms with Gasteiger partial charge in [0.1, 0.15) is 5.69 Å². The zero-order chi connectivity index (χ0) is 16.4. The highest BCUT2D eigenvalue weighted by Crippen LogP contribution is 2.22. The molecule has 1 aromatic carbocycles. The van der Waals surface area contributed by atoms with Gasteiger partial charge in [-0.25, -0.2) is 4.98 Å². The fourth-order valence-corrected chi connectivity index (χ4v) is 2.78. The summed E-state index contributed by atoms with van der Waals surface area (Å²) >= 11 is 0. The smallest absolute Gasteiger partial charge is 0.274 e. The lowest BCUT2D eigenvalue weighted by atomic mass is 10.0. The van der Waals surface area contributed by atoms with E-state index < -0.39 is 0 Å². The molecule has 3 rings (SSSR count). The van der Waals surface area contributed by atoms with Gasteiger partial charge in [-0.15, -0.1) is 0 Å². The van der Waals surface area contributed by atoms with Crippen LogP contribution in [0.15, 0.2) is 30.6 Å². The number of carbonyl (C=O) groups is 1. The van der Waals surface area contributed by atoms with Crippen LogP contribution >= 0.6 is 0 Å². The van der Waals surface area contributed by atoms with Crippen molar-refractivity contribution in [2.45, 2.75) is 13.8 Å². The maximum Gasteiger partial charge on any atom is 0.274 e. The van der Waals surface area contributed by atoms with Gasteiger partial charge in [0.2, 0.25) is 0 Å². The van der Waals surface area contributed by atoms with Crippen LogP contribution in [0.5, 0.6) is 0 Å². The molecular formula is C18H22N4O. The van der Waals surface area contributed by atoms with E-state index in [2.05, 4.69) is 47.0 Å². The molecule has 5 heteroatoms. The molecule has 120 valence electrons. The van der Waals surface area contributed by atoms with E-state index in [9.17, 15) is 4.79 Å². The van der Waals surface area contributed by atoms with Crippen molar-refractivity contribution >= 4 is 5.91 Å². The van der Waals surface area contributed by atoms with Gasteiger partial charge in [-0.2, -0.15) is 0 Å². The molecule has 0 aliphatic carbocycles. The van der Waals surface area contributed by atoms with E-state index >= 15 is 0 Å². The highest BCUT2D eigenvalue weighted by Gasteiger charge is 2.22. The average molecular weight is 310 g/mol. The zero-order valence-electron chi connectivity index (χ0n) is 13.9. The summed E-state index contributed by atoms with van der Waals surface area (Å²) in [4.78, 5) is 25.5. The number of hydrogen-bond acceptors (Lipinski definition) is 4. The van der Waals surface area contributed by atoms with E-state index in [1.807, 2.05) is 11.8 Å². The van der Waals surface area contributed by atoms with Gasteiger partial charge in [0, 0.05) is 31.7 Å². The average Bonchev–Trinajstić information content (AvgIpc) is 2.57. The number of nitrogens with zero attached hydrogens (tertiary/aromatic N) is 4. The van der Waals surface area contributed by atoms with Crippen LogP contribution in [-0.4, -0.2) is 58.9 Å². The van der Waals surface area contributed by atoms with Crippen molar-refractivity contribution in [1.29, 1.82) is 0 Å². The van der Waals surface area contributed by atoms with Gasteiger partial charge in [0.05, 0.1) is 18.1 Å². The van der Waals surface area contributed by atoms with Gasteiger partial charge >= 0.3 is 0 Å². The van der Waals surface area contributed by atoms with Crippen molar-refractivity contribution in [3.8, 4) is 11.3 Å². The van der Waals surface area contributed by atoms with Crippen LogP contribution in [0.2, 0.25) is 0 Å². The van der Waals surface area contributed by atoms with Crippen molar-refractivity contribution in [2.75, 3.05) is 33.2 Å². The molecule has 1 aliphatic rings. The van der Waals surface area contributed by atoms with Crippen molar-refractivity contribution in [3.05, 3.63) is 47.4 Å². The standard InChI is InChI=1S/C18H22N4O/c1-13-4-5-14(2)15(10-13)16-11-19-12-17(20-16)18(23)22-8-6-21(3)7-9-22/h4-5,10-12H,6-9H2,1-3H3. The number of aromatic nitrogens is 2. The molecule has 0 atom stereocenters. The lowest BCUT2D eigenvalue weighted by Gasteiger charge is -2.32. The zero-order valence-corrected chi connectivity index (χ0v) is 13.9. The summed E-state index contributed by atoms with van der Waals surface area (Å²) in [5, 5.41) is 0. The number of hydrogen-bond donors (Lipinski definition) is 0. The third-order valence-corrected chi connectivity index (χ3v) is 4.31. The predicted octanol–water partition coefficient (Wildman–Crippen LogP) is 2.15. The second-order valence-electron chi connectivity index (χ2n) is 6.20. The fourth-order valence-electron chi connectivity index (χ4n) is 2.78. The molecule has 0 saturated carbocycles. The van der Waals surface area contributed by atoms with Crippen LogP contribution in [0.1, 0.15) is 21.6 Å². The Morgan fingerprint density at radius 1 is 1.09 bits per heavy atom. The summed E-state index contributed by atoms with van der Waals surface area (Å²) in [5.74, 6) is -0.0299. The maximum atomic E-state index is 12.6. The first kappa shape index (κ1) is 15.6. The topological polar surface area (TPSA) is 49.3 Å². The maximum absolute atomic E-state index is 12.6. The largest absolute Gasteiger partial charge is 0.335 e. The van der Waals surface area contributed by atoms with Crippen molar-refractivity contribution in [2.24, 2.45) is 0 Å². The first-order valence-corrected chi connectivity index (χ1v) is 7.92. The molecule has 1 fully saturated rings. The molecule has 0 spiro atoms. The molecule has 2 aromatic rings. The van der Waals surface area contributed by atoms with E-state index in [-0.39, 0.29) is 5.91 Å². The van der Waals surface area contributed by atoms with Gasteiger partial charge in [-0.05, 0) is 32.5 Å². The lowest BCUT2D eigenvalue weighted by molar-refractivity contribution is 0.0658. The molecule has 1 saturated heterocycles. The number of likely N-dealkylation sites (N-methyl/N-ethyl adjacent to an activating group) is 1. The van der Waals surface area contributed by atoms with Gasteiger partial charge in [0.25, 0.3) is 5.91 Å². The highest BCUT2D eigenvalue weighted by atomic mass is 16.2. The summed E-state index contributed by atoms with van der Waals surface area (Å²) in [7, 11) is 2.07. The molecule has 0 unspecified atom stereocenters. The first-order chi connectivity index (χ1) is 11.0. The lowest BCUT2D eigenvalue weighted by Crippen LogP contribution is -2.47. The van der Waals surface area contributed by atoms with Crippen LogP contribution in [-0.2, 0) is 0 Å². The van der Waals surface area contributed by atoms with Crippen LogP contribution in [0.3, 0.4) is 0 Å². The molecule has 5 nitrogen and oxygen atoms in total. The Balaban J connectivity index is 1.88. The number of aryl methyl sites for hydroxylation is 2. The fraction of sp³-hybridized carbons (Fsp3) is 0.389. The van der Waals surface area contributed by atoms with E-state index in [0.717, 1.165) is 43.0 Å². The number of carbonyl (C=O) groups excluding carboxylic acids is 1. The van der Waals surface area contributed by atoms with E-state index in [4.69, 9.17) is 0 Å². The Morgan fingerprint density at radius 3 is 2.57 bits per heavy atom. The highest BCUT2D eigenvalue weighted by molar-refractivity contribution is 5.92. The molecular weight excluding hydrogens is 288 g/mol. The second-order valence-corrected chi connectivity index (χ2v) is 6.20. The Hall–Kier alpha value is -2.27. The minimum Gasteiger partial charge on any atom is -0.335 e. The third-order valence-electron chi connectivity index (χ3n) is 4.31. The molecule has 23 heavy (non-hydrogen) atoms. The minimum absolute atomic E-state index is 0.0299. The van der Waals surface area contributed by atoms with Crippen molar-refractivity contribution < 1.29 is 4.79 Å². The SMILES string of the molecule is Cc1ccc(C)c(-c2cncc(C(=O)N3CCN(C)CC3)n2)c1. The summed E-state index contributed by atoms with van der Waals surface area (Å²) < 4.78 is 0. The predicted molar refractivity (Wildman–Crippen MR) is 90.3 cm³/mol. The number of piperazine rings is 1. The van der Waals surface area contributed by atoms with Crippen LogP contribution in [0.4, 0.5) is 0 Å². The molecule has 2 heterocycles. The molecule has 0 bridgehead atoms. The minimum atomic E-state index is -0.0299. The number of benzene rings is 1. The van der Waals surface area contributed by atoms with Gasteiger partial charge < -0.3 is 9.80 Å². The van der Waals surface area contributed by atoms with E-state index in [0.29, 0.717) is 5.69 Å². The Labute approximate surface area is 137 Å². The first-order valence-electron chi connectivity index (χ1n) is 7.92. The summed E-state index contributed by atoms with van der Waals surface area (Å²) in [6.07, 6.45) is 3.29. The number of amides is 1. The second kappa shape index (κ2) is 6.46. The quantitative estimate of drug-likeness (QED) is 0.853. The van der Waals surface area contributed by atoms with Crippen LogP contribution in [0.25, 0.3) is 11.3 Å². The summed E-state index contributed by atoms with van der Waals surface area (Å²) in [5.41, 5.74) is 4.52. The molecule has 1 aliphatic heterocycles. The molecule has 0 N–H and O–H groups in total. The molecule has 1 aromatic heterocycles. The van der Waals surface area contributed by atoms with Gasteiger partial charge in [-0.3, -0.25) is 9.78 Å². The van der Waals surface area contributed by atoms with Crippen LogP contribution in [0, 0.1) is 13.8 Å². The third kappa shape index (κ3) is 3.40. The van der Waals surface area contributed by atoms with Crippen molar-refractivity contribution in [1.82, 2.24) is 19.8 Å². The summed E-state index contributed by atoms with van der Waals surface area (Å²) in [6, 6.07) is 6.23.